The number of imidazole rings is 1. The second kappa shape index (κ2) is 5.23. The normalized spacial score (nSPS) is 13.0. The Balaban J connectivity index is 1.84. The topological polar surface area (TPSA) is 57.8 Å². The molecule has 0 atom stereocenters. The maximum Gasteiger partial charge on any atom is 0.422 e. The smallest absolute Gasteiger partial charge is 0.422 e. The molecule has 1 aliphatic heterocycles. The molecule has 0 unspecified atom stereocenters. The highest BCUT2D eigenvalue weighted by molar-refractivity contribution is 6.30. The van der Waals surface area contributed by atoms with Gasteiger partial charge in [-0.1, -0.05) is 11.6 Å². The second-order valence-corrected chi connectivity index (χ2v) is 5.53. The summed E-state index contributed by atoms with van der Waals surface area (Å²) in [5, 5.41) is 4.47. The Labute approximate surface area is 138 Å². The average molecular weight is 356 g/mol. The molecule has 0 amide bonds. The number of ether oxygens (including phenoxy) is 1. The number of halogens is 4. The Kier molecular flexibility index (Phi) is 3.27. The number of rotatable bonds is 2. The van der Waals surface area contributed by atoms with E-state index in [9.17, 15) is 13.2 Å². The van der Waals surface area contributed by atoms with Crippen LogP contribution in [-0.4, -0.2) is 37.1 Å². The van der Waals surface area contributed by atoms with E-state index >= 15 is 0 Å². The molecule has 0 spiro atoms. The van der Waals surface area contributed by atoms with Gasteiger partial charge in [-0.15, -0.1) is 0 Å². The van der Waals surface area contributed by atoms with Gasteiger partial charge in [0.1, 0.15) is 18.4 Å². The van der Waals surface area contributed by atoms with Crippen LogP contribution >= 0.6 is 11.6 Å². The molecule has 3 aromatic rings. The van der Waals surface area contributed by atoms with Gasteiger partial charge >= 0.3 is 6.18 Å². The lowest BCUT2D eigenvalue weighted by Crippen LogP contribution is -2.19. The highest BCUT2D eigenvalue weighted by atomic mass is 35.5. The molecule has 1 aliphatic rings. The molecule has 124 valence electrons. The lowest BCUT2D eigenvalue weighted by Gasteiger charge is -2.12. The van der Waals surface area contributed by atoms with Crippen LogP contribution in [0.25, 0.3) is 17.1 Å². The van der Waals surface area contributed by atoms with Crippen LogP contribution < -0.4 is 4.74 Å². The zero-order valence-electron chi connectivity index (χ0n) is 12.0. The lowest BCUT2D eigenvalue weighted by molar-refractivity contribution is -0.153. The molecule has 0 saturated heterocycles. The molecule has 0 N–H and O–H groups in total. The van der Waals surface area contributed by atoms with E-state index in [1.807, 2.05) is 0 Å². The molecule has 10 heteroatoms. The van der Waals surface area contributed by atoms with Gasteiger partial charge in [-0.25, -0.2) is 14.6 Å². The van der Waals surface area contributed by atoms with Crippen molar-refractivity contribution in [2.24, 2.45) is 0 Å². The Morgan fingerprint density at radius 3 is 2.88 bits per heavy atom. The van der Waals surface area contributed by atoms with Crippen molar-refractivity contribution in [2.75, 3.05) is 6.61 Å². The van der Waals surface area contributed by atoms with Crippen molar-refractivity contribution in [1.82, 2.24) is 24.3 Å². The van der Waals surface area contributed by atoms with Crippen molar-refractivity contribution in [3.8, 4) is 22.8 Å². The molecule has 0 radical (unpaired) electrons. The van der Waals surface area contributed by atoms with E-state index in [0.29, 0.717) is 34.5 Å². The van der Waals surface area contributed by atoms with Crippen LogP contribution in [0.15, 0.2) is 30.9 Å². The molecule has 0 saturated carbocycles. The van der Waals surface area contributed by atoms with Gasteiger partial charge < -0.3 is 4.74 Å². The maximum absolute atomic E-state index is 12.4. The molecule has 6 nitrogen and oxygen atoms in total. The first-order valence-corrected chi connectivity index (χ1v) is 7.24. The maximum atomic E-state index is 12.4. The monoisotopic (exact) mass is 355 g/mol. The summed E-state index contributed by atoms with van der Waals surface area (Å²) in [5.41, 5.74) is 1.99. The third-order valence-corrected chi connectivity index (χ3v) is 3.92. The minimum atomic E-state index is -4.40. The van der Waals surface area contributed by atoms with Crippen LogP contribution in [0.3, 0.4) is 0 Å². The molecule has 0 fully saturated rings. The van der Waals surface area contributed by atoms with E-state index in [0.717, 1.165) is 0 Å². The SMILES string of the molecule is FC(F)(F)COc1ccc2c(c1)-c1ncnn1Cc1c(Cl)ncn1-2. The second-order valence-electron chi connectivity index (χ2n) is 5.18. The van der Waals surface area contributed by atoms with Crippen molar-refractivity contribution in [3.63, 3.8) is 0 Å². The number of nitrogens with zero attached hydrogens (tertiary/aromatic N) is 5. The van der Waals surface area contributed by atoms with Gasteiger partial charge in [0.25, 0.3) is 0 Å². The summed E-state index contributed by atoms with van der Waals surface area (Å²) in [7, 11) is 0. The highest BCUT2D eigenvalue weighted by Gasteiger charge is 2.29. The molecule has 3 heterocycles. The zero-order chi connectivity index (χ0) is 16.9. The van der Waals surface area contributed by atoms with Crippen LogP contribution in [0.5, 0.6) is 5.75 Å². The van der Waals surface area contributed by atoms with Crippen molar-refractivity contribution in [2.45, 2.75) is 12.7 Å². The van der Waals surface area contributed by atoms with Crippen LogP contribution in [0.2, 0.25) is 5.15 Å². The number of aromatic nitrogens is 5. The van der Waals surface area contributed by atoms with Crippen LogP contribution in [-0.2, 0) is 6.54 Å². The van der Waals surface area contributed by atoms with Crippen molar-refractivity contribution >= 4 is 11.6 Å². The molecule has 2 aromatic heterocycles. The van der Waals surface area contributed by atoms with E-state index < -0.39 is 12.8 Å². The molecular weight excluding hydrogens is 347 g/mol. The fourth-order valence-corrected chi connectivity index (χ4v) is 2.79. The standard InChI is InChI=1S/C14H9ClF3N5O/c15-12-11-4-23-13(19-6-21-23)9-3-8(24-5-14(16,17)18)1-2-10(9)22(11)7-20-12/h1-3,6-7H,4-5H2. The third kappa shape index (κ3) is 2.50. The molecule has 1 aromatic carbocycles. The highest BCUT2D eigenvalue weighted by Crippen LogP contribution is 2.35. The van der Waals surface area contributed by atoms with Crippen molar-refractivity contribution < 1.29 is 17.9 Å². The zero-order valence-corrected chi connectivity index (χ0v) is 12.7. The van der Waals surface area contributed by atoms with Gasteiger partial charge in [-0.3, -0.25) is 4.57 Å². The van der Waals surface area contributed by atoms with Gasteiger partial charge in [0.15, 0.2) is 17.6 Å². The Morgan fingerprint density at radius 2 is 2.08 bits per heavy atom. The molecule has 24 heavy (non-hydrogen) atoms. The predicted octanol–water partition coefficient (Wildman–Crippen LogP) is 3.09. The summed E-state index contributed by atoms with van der Waals surface area (Å²) in [4.78, 5) is 8.27. The average Bonchev–Trinajstić information content (AvgIpc) is 3.10. The Bertz CT molecular complexity index is 918. The third-order valence-electron chi connectivity index (χ3n) is 3.60. The number of alkyl halides is 3. The fraction of sp³-hybridized carbons (Fsp3) is 0.214. The molecule has 4 rings (SSSR count). The largest absolute Gasteiger partial charge is 0.484 e. The minimum absolute atomic E-state index is 0.0929. The number of fused-ring (bicyclic) bond motifs is 5. The van der Waals surface area contributed by atoms with Gasteiger partial charge in [0.2, 0.25) is 0 Å². The summed E-state index contributed by atoms with van der Waals surface area (Å²) in [5.74, 6) is 0.609. The summed E-state index contributed by atoms with van der Waals surface area (Å²) in [6, 6.07) is 4.62. The van der Waals surface area contributed by atoms with Crippen molar-refractivity contribution in [1.29, 1.82) is 0 Å². The number of hydrogen-bond donors (Lipinski definition) is 0. The van der Waals surface area contributed by atoms with Gasteiger partial charge in [-0.2, -0.15) is 18.3 Å². The first kappa shape index (κ1) is 15.0. The van der Waals surface area contributed by atoms with E-state index in [2.05, 4.69) is 15.1 Å². The fourth-order valence-electron chi connectivity index (χ4n) is 2.59. The van der Waals surface area contributed by atoms with Crippen LogP contribution in [0.1, 0.15) is 5.69 Å². The van der Waals surface area contributed by atoms with E-state index in [-0.39, 0.29) is 5.75 Å². The first-order chi connectivity index (χ1) is 11.4. The number of benzene rings is 1. The Hall–Kier alpha value is -2.55. The molecule has 0 aliphatic carbocycles. The summed E-state index contributed by atoms with van der Waals surface area (Å²) in [6.07, 6.45) is -1.47. The summed E-state index contributed by atoms with van der Waals surface area (Å²) in [6.45, 7) is -1.01. The van der Waals surface area contributed by atoms with E-state index in [4.69, 9.17) is 16.3 Å². The van der Waals surface area contributed by atoms with Crippen LogP contribution in [0.4, 0.5) is 13.2 Å². The van der Waals surface area contributed by atoms with Gasteiger partial charge in [0.05, 0.1) is 17.9 Å². The number of hydrogen-bond acceptors (Lipinski definition) is 4. The van der Waals surface area contributed by atoms with Crippen LogP contribution in [0, 0.1) is 0 Å². The Morgan fingerprint density at radius 1 is 1.25 bits per heavy atom. The quantitative estimate of drug-likeness (QED) is 0.554. The van der Waals surface area contributed by atoms with E-state index in [1.165, 1.54) is 18.5 Å². The lowest BCUT2D eigenvalue weighted by atomic mass is 10.1. The predicted molar refractivity (Wildman–Crippen MR) is 78.2 cm³/mol. The minimum Gasteiger partial charge on any atom is -0.484 e. The molecule has 0 bridgehead atoms. The van der Waals surface area contributed by atoms with Gasteiger partial charge in [-0.05, 0) is 18.2 Å². The van der Waals surface area contributed by atoms with Gasteiger partial charge in [0, 0.05) is 5.56 Å². The first-order valence-electron chi connectivity index (χ1n) is 6.86. The molecular formula is C14H9ClF3N5O. The van der Waals surface area contributed by atoms with Crippen molar-refractivity contribution in [3.05, 3.63) is 41.7 Å². The summed E-state index contributed by atoms with van der Waals surface area (Å²) < 4.78 is 45.3. The van der Waals surface area contributed by atoms with E-state index in [1.54, 1.807) is 21.6 Å². The summed E-state index contributed by atoms with van der Waals surface area (Å²) >= 11 is 6.12.